The second-order valence-electron chi connectivity index (χ2n) is 6.06. The number of ether oxygens (including phenoxy) is 3. The van der Waals surface area contributed by atoms with Crippen LogP contribution in [-0.2, 0) is 0 Å². The van der Waals surface area contributed by atoms with Gasteiger partial charge in [0.1, 0.15) is 5.75 Å². The van der Waals surface area contributed by atoms with Crippen LogP contribution < -0.4 is 14.2 Å². The van der Waals surface area contributed by atoms with Gasteiger partial charge in [0.2, 0.25) is 0 Å². The Morgan fingerprint density at radius 1 is 0.862 bits per heavy atom. The Morgan fingerprint density at radius 3 is 2.21 bits per heavy atom. The summed E-state index contributed by atoms with van der Waals surface area (Å²) >= 11 is 0. The molecule has 3 aromatic rings. The van der Waals surface area contributed by atoms with Crippen LogP contribution in [0.25, 0.3) is 11.6 Å². The Balaban J connectivity index is 1.84. The third kappa shape index (κ3) is 4.82. The molecule has 0 saturated carbocycles. The predicted molar refractivity (Wildman–Crippen MR) is 111 cm³/mol. The standard InChI is InChI=1S/C24H19NO4/c1-27-21-11-9-19(10-12-21)24(26)29-22-13-8-17(15-23(22)28-2)14-20(16-25)18-6-4-3-5-7-18/h3-15H,1-2H3. The number of carbonyl (C=O) groups excluding carboxylic acids is 1. The largest absolute Gasteiger partial charge is 0.497 e. The lowest BCUT2D eigenvalue weighted by Gasteiger charge is -2.10. The van der Waals surface area contributed by atoms with Crippen molar-refractivity contribution >= 4 is 17.6 Å². The summed E-state index contributed by atoms with van der Waals surface area (Å²) in [7, 11) is 3.06. The monoisotopic (exact) mass is 385 g/mol. The lowest BCUT2D eigenvalue weighted by atomic mass is 10.0. The molecule has 3 rings (SSSR count). The molecule has 0 spiro atoms. The first-order valence-electron chi connectivity index (χ1n) is 8.86. The summed E-state index contributed by atoms with van der Waals surface area (Å²) in [6.07, 6.45) is 1.76. The van der Waals surface area contributed by atoms with Gasteiger partial charge in [0.05, 0.1) is 31.4 Å². The lowest BCUT2D eigenvalue weighted by Crippen LogP contribution is -2.09. The molecular weight excluding hydrogens is 366 g/mol. The number of carbonyl (C=O) groups is 1. The van der Waals surface area contributed by atoms with E-state index in [4.69, 9.17) is 14.2 Å². The zero-order valence-corrected chi connectivity index (χ0v) is 16.1. The third-order valence-electron chi connectivity index (χ3n) is 4.23. The number of nitriles is 1. The fraction of sp³-hybridized carbons (Fsp3) is 0.0833. The van der Waals surface area contributed by atoms with Crippen molar-refractivity contribution in [1.82, 2.24) is 0 Å². The summed E-state index contributed by atoms with van der Waals surface area (Å²) in [5, 5.41) is 9.48. The van der Waals surface area contributed by atoms with E-state index >= 15 is 0 Å². The van der Waals surface area contributed by atoms with Crippen LogP contribution >= 0.6 is 0 Å². The minimum Gasteiger partial charge on any atom is -0.497 e. The topological polar surface area (TPSA) is 68.5 Å². The average molecular weight is 385 g/mol. The smallest absolute Gasteiger partial charge is 0.343 e. The minimum absolute atomic E-state index is 0.295. The molecule has 0 aliphatic rings. The van der Waals surface area contributed by atoms with Crippen molar-refractivity contribution < 1.29 is 19.0 Å². The Morgan fingerprint density at radius 2 is 1.59 bits per heavy atom. The Kier molecular flexibility index (Phi) is 6.29. The quantitative estimate of drug-likeness (QED) is 0.259. The number of benzene rings is 3. The molecule has 0 aromatic heterocycles. The molecule has 0 aliphatic carbocycles. The molecule has 144 valence electrons. The number of rotatable bonds is 6. The predicted octanol–water partition coefficient (Wildman–Crippen LogP) is 4.99. The molecule has 0 N–H and O–H groups in total. The van der Waals surface area contributed by atoms with Crippen LogP contribution in [-0.4, -0.2) is 20.2 Å². The summed E-state index contributed by atoms with van der Waals surface area (Å²) in [6.45, 7) is 0. The van der Waals surface area contributed by atoms with Crippen LogP contribution in [0.5, 0.6) is 17.2 Å². The SMILES string of the molecule is COc1ccc(C(=O)Oc2ccc(C=C(C#N)c3ccccc3)cc2OC)cc1. The van der Waals surface area contributed by atoms with Gasteiger partial charge in [-0.15, -0.1) is 0 Å². The molecular formula is C24H19NO4. The Labute approximate surface area is 169 Å². The van der Waals surface area contributed by atoms with E-state index in [1.165, 1.54) is 7.11 Å². The van der Waals surface area contributed by atoms with Gasteiger partial charge >= 0.3 is 5.97 Å². The van der Waals surface area contributed by atoms with Crippen molar-refractivity contribution in [2.45, 2.75) is 0 Å². The summed E-state index contributed by atoms with van der Waals surface area (Å²) in [6, 6.07) is 23.4. The molecule has 0 atom stereocenters. The van der Waals surface area contributed by atoms with E-state index in [0.29, 0.717) is 28.4 Å². The zero-order chi connectivity index (χ0) is 20.6. The van der Waals surface area contributed by atoms with Crippen molar-refractivity contribution in [3.05, 3.63) is 89.5 Å². The Hall–Kier alpha value is -4.04. The van der Waals surface area contributed by atoms with Crippen molar-refractivity contribution in [3.8, 4) is 23.3 Å². The van der Waals surface area contributed by atoms with Crippen LogP contribution in [0.2, 0.25) is 0 Å². The molecule has 0 heterocycles. The second-order valence-corrected chi connectivity index (χ2v) is 6.06. The van der Waals surface area contributed by atoms with Gasteiger partial charge in [-0.25, -0.2) is 4.79 Å². The average Bonchev–Trinajstić information content (AvgIpc) is 2.78. The molecule has 0 amide bonds. The first-order chi connectivity index (χ1) is 14.1. The molecule has 0 bridgehead atoms. The fourth-order valence-electron chi connectivity index (χ4n) is 2.71. The molecule has 29 heavy (non-hydrogen) atoms. The normalized spacial score (nSPS) is 10.7. The van der Waals surface area contributed by atoms with Crippen LogP contribution in [0.15, 0.2) is 72.8 Å². The highest BCUT2D eigenvalue weighted by Crippen LogP contribution is 2.30. The van der Waals surface area contributed by atoms with Crippen molar-refractivity contribution in [3.63, 3.8) is 0 Å². The summed E-state index contributed by atoms with van der Waals surface area (Å²) < 4.78 is 15.9. The maximum absolute atomic E-state index is 12.4. The van der Waals surface area contributed by atoms with E-state index < -0.39 is 5.97 Å². The Bertz CT molecular complexity index is 1060. The highest BCUT2D eigenvalue weighted by atomic mass is 16.6. The van der Waals surface area contributed by atoms with Gasteiger partial charge in [0, 0.05) is 0 Å². The van der Waals surface area contributed by atoms with Gasteiger partial charge < -0.3 is 14.2 Å². The zero-order valence-electron chi connectivity index (χ0n) is 16.1. The second kappa shape index (κ2) is 9.25. The van der Waals surface area contributed by atoms with Gasteiger partial charge in [-0.3, -0.25) is 0 Å². The lowest BCUT2D eigenvalue weighted by molar-refractivity contribution is 0.0729. The summed E-state index contributed by atoms with van der Waals surface area (Å²) in [5.41, 5.74) is 2.50. The molecule has 0 radical (unpaired) electrons. The number of allylic oxidation sites excluding steroid dienone is 1. The van der Waals surface area contributed by atoms with E-state index in [1.807, 2.05) is 30.3 Å². The van der Waals surface area contributed by atoms with Crippen molar-refractivity contribution in [2.75, 3.05) is 14.2 Å². The van der Waals surface area contributed by atoms with Crippen molar-refractivity contribution in [2.24, 2.45) is 0 Å². The van der Waals surface area contributed by atoms with E-state index in [0.717, 1.165) is 11.1 Å². The molecule has 0 aliphatic heterocycles. The summed E-state index contributed by atoms with van der Waals surface area (Å²) in [5.74, 6) is 0.841. The first kappa shape index (κ1) is 19.7. The van der Waals surface area contributed by atoms with Gasteiger partial charge in [0.15, 0.2) is 11.5 Å². The van der Waals surface area contributed by atoms with Gasteiger partial charge in [0.25, 0.3) is 0 Å². The van der Waals surface area contributed by atoms with E-state index in [2.05, 4.69) is 6.07 Å². The first-order valence-corrected chi connectivity index (χ1v) is 8.86. The van der Waals surface area contributed by atoms with Gasteiger partial charge in [-0.2, -0.15) is 5.26 Å². The number of nitrogens with zero attached hydrogens (tertiary/aromatic N) is 1. The van der Waals surface area contributed by atoms with Crippen LogP contribution in [0.4, 0.5) is 0 Å². The molecule has 3 aromatic carbocycles. The molecule has 0 saturated heterocycles. The highest BCUT2D eigenvalue weighted by Gasteiger charge is 2.13. The third-order valence-corrected chi connectivity index (χ3v) is 4.23. The van der Waals surface area contributed by atoms with Gasteiger partial charge in [-0.05, 0) is 53.6 Å². The van der Waals surface area contributed by atoms with Gasteiger partial charge in [-0.1, -0.05) is 36.4 Å². The number of hydrogen-bond acceptors (Lipinski definition) is 5. The van der Waals surface area contributed by atoms with Crippen LogP contribution in [0.1, 0.15) is 21.5 Å². The fourth-order valence-corrected chi connectivity index (χ4v) is 2.71. The van der Waals surface area contributed by atoms with E-state index in [-0.39, 0.29) is 0 Å². The molecule has 5 heteroatoms. The number of methoxy groups -OCH3 is 2. The van der Waals surface area contributed by atoms with E-state index in [9.17, 15) is 10.1 Å². The summed E-state index contributed by atoms with van der Waals surface area (Å²) in [4.78, 5) is 12.4. The maximum atomic E-state index is 12.4. The van der Waals surface area contributed by atoms with Crippen LogP contribution in [0.3, 0.4) is 0 Å². The molecule has 0 fully saturated rings. The van der Waals surface area contributed by atoms with E-state index in [1.54, 1.807) is 55.7 Å². The minimum atomic E-state index is -0.503. The highest BCUT2D eigenvalue weighted by molar-refractivity contribution is 5.92. The number of esters is 1. The number of hydrogen-bond donors (Lipinski definition) is 0. The molecule has 0 unspecified atom stereocenters. The maximum Gasteiger partial charge on any atom is 0.343 e. The van der Waals surface area contributed by atoms with Crippen molar-refractivity contribution in [1.29, 1.82) is 5.26 Å². The molecule has 5 nitrogen and oxygen atoms in total. The van der Waals surface area contributed by atoms with Crippen LogP contribution in [0, 0.1) is 11.3 Å².